The SMILES string of the molecule is O=C(O)CCCC(CC(O)CO)(CC(O)CO)C(=O)O. The second-order valence-electron chi connectivity index (χ2n) is 4.91. The van der Waals surface area contributed by atoms with Crippen molar-refractivity contribution in [1.29, 1.82) is 0 Å². The molecule has 20 heavy (non-hydrogen) atoms. The van der Waals surface area contributed by atoms with Crippen LogP contribution in [0.2, 0.25) is 0 Å². The third-order valence-electron chi connectivity index (χ3n) is 3.17. The molecule has 0 bridgehead atoms. The van der Waals surface area contributed by atoms with E-state index in [0.717, 1.165) is 0 Å². The molecule has 0 saturated heterocycles. The van der Waals surface area contributed by atoms with Gasteiger partial charge >= 0.3 is 11.9 Å². The van der Waals surface area contributed by atoms with Crippen molar-refractivity contribution < 1.29 is 40.2 Å². The third-order valence-corrected chi connectivity index (χ3v) is 3.17. The van der Waals surface area contributed by atoms with Crippen LogP contribution in [0.15, 0.2) is 0 Å². The first-order valence-electron chi connectivity index (χ1n) is 6.30. The van der Waals surface area contributed by atoms with E-state index in [-0.39, 0.29) is 32.1 Å². The number of aliphatic carboxylic acids is 2. The highest BCUT2D eigenvalue weighted by molar-refractivity contribution is 5.75. The van der Waals surface area contributed by atoms with Crippen LogP contribution < -0.4 is 0 Å². The minimum absolute atomic E-state index is 0.0535. The van der Waals surface area contributed by atoms with Gasteiger partial charge in [0.05, 0.1) is 30.8 Å². The van der Waals surface area contributed by atoms with Crippen LogP contribution in [0.25, 0.3) is 0 Å². The van der Waals surface area contributed by atoms with Crippen LogP contribution in [0.5, 0.6) is 0 Å². The molecule has 0 fully saturated rings. The Morgan fingerprint density at radius 1 is 0.950 bits per heavy atom. The average molecular weight is 294 g/mol. The molecule has 0 aromatic carbocycles. The first-order chi connectivity index (χ1) is 9.27. The van der Waals surface area contributed by atoms with Crippen LogP contribution in [-0.4, -0.2) is 68.0 Å². The molecule has 0 amide bonds. The van der Waals surface area contributed by atoms with Crippen molar-refractivity contribution in [2.24, 2.45) is 5.41 Å². The summed E-state index contributed by atoms with van der Waals surface area (Å²) >= 11 is 0. The lowest BCUT2D eigenvalue weighted by molar-refractivity contribution is -0.155. The predicted molar refractivity (Wildman–Crippen MR) is 67.0 cm³/mol. The maximum Gasteiger partial charge on any atom is 0.309 e. The lowest BCUT2D eigenvalue weighted by atomic mass is 9.73. The number of aliphatic hydroxyl groups excluding tert-OH is 4. The van der Waals surface area contributed by atoms with Crippen molar-refractivity contribution in [3.05, 3.63) is 0 Å². The number of carbonyl (C=O) groups is 2. The van der Waals surface area contributed by atoms with Crippen LogP contribution in [0.1, 0.15) is 32.1 Å². The van der Waals surface area contributed by atoms with Gasteiger partial charge in [0, 0.05) is 6.42 Å². The number of aliphatic hydroxyl groups is 4. The zero-order valence-electron chi connectivity index (χ0n) is 11.1. The van der Waals surface area contributed by atoms with Gasteiger partial charge in [-0.3, -0.25) is 9.59 Å². The van der Waals surface area contributed by atoms with Crippen molar-refractivity contribution in [3.63, 3.8) is 0 Å². The van der Waals surface area contributed by atoms with E-state index in [9.17, 15) is 24.9 Å². The van der Waals surface area contributed by atoms with Crippen LogP contribution in [0.4, 0.5) is 0 Å². The van der Waals surface area contributed by atoms with Gasteiger partial charge in [0.15, 0.2) is 0 Å². The van der Waals surface area contributed by atoms with E-state index in [1.807, 2.05) is 0 Å². The number of carboxylic acid groups (broad SMARTS) is 2. The minimum Gasteiger partial charge on any atom is -0.481 e. The standard InChI is InChI=1S/C12H22O8/c13-6-8(15)4-12(11(19)20,5-9(16)7-14)3-1-2-10(17)18/h8-9,13-16H,1-7H2,(H,17,18)(H,19,20). The number of rotatable bonds is 11. The summed E-state index contributed by atoms with van der Waals surface area (Å²) < 4.78 is 0. The monoisotopic (exact) mass is 294 g/mol. The molecule has 0 aliphatic rings. The quantitative estimate of drug-likeness (QED) is 0.277. The molecule has 6 N–H and O–H groups in total. The second kappa shape index (κ2) is 8.85. The van der Waals surface area contributed by atoms with Gasteiger partial charge in [0.25, 0.3) is 0 Å². The third kappa shape index (κ3) is 6.29. The van der Waals surface area contributed by atoms with E-state index < -0.39 is 42.8 Å². The number of hydrogen-bond donors (Lipinski definition) is 6. The van der Waals surface area contributed by atoms with E-state index >= 15 is 0 Å². The topological polar surface area (TPSA) is 156 Å². The Balaban J connectivity index is 5.00. The molecule has 0 aromatic rings. The smallest absolute Gasteiger partial charge is 0.309 e. The molecule has 8 nitrogen and oxygen atoms in total. The van der Waals surface area contributed by atoms with Crippen molar-refractivity contribution in [1.82, 2.24) is 0 Å². The summed E-state index contributed by atoms with van der Waals surface area (Å²) in [5, 5.41) is 54.5. The van der Waals surface area contributed by atoms with Gasteiger partial charge in [-0.05, 0) is 25.7 Å². The van der Waals surface area contributed by atoms with Crippen LogP contribution in [-0.2, 0) is 9.59 Å². The fourth-order valence-corrected chi connectivity index (χ4v) is 2.18. The summed E-state index contributed by atoms with van der Waals surface area (Å²) in [6, 6.07) is 0. The summed E-state index contributed by atoms with van der Waals surface area (Å²) in [6.07, 6.45) is -3.49. The maximum atomic E-state index is 11.5. The lowest BCUT2D eigenvalue weighted by Gasteiger charge is -2.32. The Morgan fingerprint density at radius 2 is 1.40 bits per heavy atom. The highest BCUT2D eigenvalue weighted by Gasteiger charge is 2.41. The van der Waals surface area contributed by atoms with E-state index in [4.69, 9.17) is 15.3 Å². The molecule has 0 rings (SSSR count). The first kappa shape index (κ1) is 18.8. The van der Waals surface area contributed by atoms with Crippen molar-refractivity contribution in [3.8, 4) is 0 Å². The van der Waals surface area contributed by atoms with Crippen LogP contribution >= 0.6 is 0 Å². The highest BCUT2D eigenvalue weighted by Crippen LogP contribution is 2.36. The Morgan fingerprint density at radius 3 is 1.70 bits per heavy atom. The maximum absolute atomic E-state index is 11.5. The Kier molecular flexibility index (Phi) is 8.31. The molecule has 0 aromatic heterocycles. The van der Waals surface area contributed by atoms with Gasteiger partial charge in [-0.15, -0.1) is 0 Å². The fraction of sp³-hybridized carbons (Fsp3) is 0.833. The van der Waals surface area contributed by atoms with Gasteiger partial charge in [0.2, 0.25) is 0 Å². The van der Waals surface area contributed by atoms with Gasteiger partial charge in [-0.25, -0.2) is 0 Å². The van der Waals surface area contributed by atoms with Crippen molar-refractivity contribution in [2.75, 3.05) is 13.2 Å². The van der Waals surface area contributed by atoms with E-state index in [2.05, 4.69) is 0 Å². The predicted octanol–water partition coefficient (Wildman–Crippen LogP) is -1.20. The van der Waals surface area contributed by atoms with Gasteiger partial charge < -0.3 is 30.6 Å². The largest absolute Gasteiger partial charge is 0.481 e. The van der Waals surface area contributed by atoms with E-state index in [1.165, 1.54) is 0 Å². The van der Waals surface area contributed by atoms with Gasteiger partial charge in [-0.2, -0.15) is 0 Å². The molecule has 0 aliphatic heterocycles. The van der Waals surface area contributed by atoms with Crippen molar-refractivity contribution in [2.45, 2.75) is 44.3 Å². The molecule has 2 unspecified atom stereocenters. The van der Waals surface area contributed by atoms with Gasteiger partial charge in [0.1, 0.15) is 0 Å². The zero-order valence-corrected chi connectivity index (χ0v) is 11.1. The van der Waals surface area contributed by atoms with Crippen LogP contribution in [0.3, 0.4) is 0 Å². The summed E-state index contributed by atoms with van der Waals surface area (Å²) in [5.74, 6) is -2.38. The fourth-order valence-electron chi connectivity index (χ4n) is 2.18. The molecule has 0 aliphatic carbocycles. The molecular formula is C12H22O8. The molecule has 8 heteroatoms. The lowest BCUT2D eigenvalue weighted by Crippen LogP contribution is -2.40. The molecule has 2 atom stereocenters. The average Bonchev–Trinajstić information content (AvgIpc) is 2.37. The molecule has 0 saturated carbocycles. The second-order valence-corrected chi connectivity index (χ2v) is 4.91. The Labute approximate surface area is 116 Å². The zero-order chi connectivity index (χ0) is 15.8. The molecule has 0 heterocycles. The summed E-state index contributed by atoms with van der Waals surface area (Å²) in [4.78, 5) is 22.0. The summed E-state index contributed by atoms with van der Waals surface area (Å²) in [5.41, 5.74) is -1.58. The number of carboxylic acids is 2. The highest BCUT2D eigenvalue weighted by atomic mass is 16.4. The Hall–Kier alpha value is -1.22. The summed E-state index contributed by atoms with van der Waals surface area (Å²) in [7, 11) is 0. The number of hydrogen-bond acceptors (Lipinski definition) is 6. The van der Waals surface area contributed by atoms with Crippen molar-refractivity contribution >= 4 is 11.9 Å². The molecular weight excluding hydrogens is 272 g/mol. The van der Waals surface area contributed by atoms with Crippen LogP contribution in [0, 0.1) is 5.41 Å². The van der Waals surface area contributed by atoms with Gasteiger partial charge in [-0.1, -0.05) is 0 Å². The van der Waals surface area contributed by atoms with E-state index in [0.29, 0.717) is 0 Å². The first-order valence-corrected chi connectivity index (χ1v) is 6.30. The Bertz CT molecular complexity index is 305. The minimum atomic E-state index is -1.58. The molecule has 0 spiro atoms. The summed E-state index contributed by atoms with van der Waals surface area (Å²) in [6.45, 7) is -1.27. The molecule has 0 radical (unpaired) electrons. The normalized spacial score (nSPS) is 17.2. The van der Waals surface area contributed by atoms with E-state index in [1.54, 1.807) is 0 Å². The molecule has 118 valence electrons.